The largest absolute Gasteiger partial charge is 0.368 e. The Bertz CT molecular complexity index is 824. The molecule has 1 aliphatic rings. The highest BCUT2D eigenvalue weighted by Crippen LogP contribution is 2.26. The molecule has 3 rings (SSSR count). The van der Waals surface area contributed by atoms with Gasteiger partial charge in [-0.25, -0.2) is 4.79 Å². The molecule has 0 spiro atoms. The zero-order valence-corrected chi connectivity index (χ0v) is 16.1. The predicted molar refractivity (Wildman–Crippen MR) is 107 cm³/mol. The van der Waals surface area contributed by atoms with Crippen molar-refractivity contribution in [3.8, 4) is 0 Å². The average Bonchev–Trinajstić information content (AvgIpc) is 2.66. The van der Waals surface area contributed by atoms with Crippen LogP contribution in [0.4, 0.5) is 10.5 Å². The second-order valence-electron chi connectivity index (χ2n) is 6.30. The third-order valence-corrected chi connectivity index (χ3v) is 5.26. The molecule has 3 N–H and O–H groups in total. The molecule has 1 atom stereocenters. The van der Waals surface area contributed by atoms with Crippen LogP contribution in [-0.2, 0) is 4.79 Å². The third-order valence-electron chi connectivity index (χ3n) is 4.52. The summed E-state index contributed by atoms with van der Waals surface area (Å²) in [5.74, 6) is -0.394. The molecule has 142 valence electrons. The summed E-state index contributed by atoms with van der Waals surface area (Å²) >= 11 is 11.9. The summed E-state index contributed by atoms with van der Waals surface area (Å²) in [6.45, 7) is 2.09. The van der Waals surface area contributed by atoms with E-state index in [4.69, 9.17) is 28.9 Å². The van der Waals surface area contributed by atoms with Crippen LogP contribution in [0, 0.1) is 0 Å². The molecule has 1 heterocycles. The van der Waals surface area contributed by atoms with E-state index in [1.807, 2.05) is 35.2 Å². The number of carbonyl (C=O) groups excluding carboxylic acids is 2. The summed E-state index contributed by atoms with van der Waals surface area (Å²) in [7, 11) is 0. The number of anilines is 1. The maximum atomic E-state index is 12.5. The number of benzene rings is 2. The highest BCUT2D eigenvalue weighted by Gasteiger charge is 2.30. The number of hydrogen-bond donors (Lipinski definition) is 2. The molecule has 8 heteroatoms. The monoisotopic (exact) mass is 406 g/mol. The number of nitrogens with zero attached hydrogens (tertiary/aromatic N) is 2. The van der Waals surface area contributed by atoms with Crippen LogP contribution >= 0.6 is 23.2 Å². The number of hydrogen-bond acceptors (Lipinski definition) is 3. The molecule has 0 saturated carbocycles. The van der Waals surface area contributed by atoms with E-state index in [-0.39, 0.29) is 6.03 Å². The van der Waals surface area contributed by atoms with Crippen molar-refractivity contribution in [2.75, 3.05) is 31.5 Å². The zero-order chi connectivity index (χ0) is 19.4. The number of urea groups is 1. The summed E-state index contributed by atoms with van der Waals surface area (Å²) in [5.41, 5.74) is 7.07. The Labute approximate surface area is 167 Å². The third kappa shape index (κ3) is 4.71. The first kappa shape index (κ1) is 19.5. The van der Waals surface area contributed by atoms with Gasteiger partial charge in [0.15, 0.2) is 0 Å². The topological polar surface area (TPSA) is 78.7 Å². The summed E-state index contributed by atoms with van der Waals surface area (Å²) in [5, 5.41) is 3.63. The van der Waals surface area contributed by atoms with Crippen molar-refractivity contribution < 1.29 is 9.59 Å². The number of primary amides is 1. The fourth-order valence-electron chi connectivity index (χ4n) is 3.15. The molecule has 1 saturated heterocycles. The van der Waals surface area contributed by atoms with Crippen molar-refractivity contribution in [3.05, 3.63) is 64.1 Å². The first-order valence-corrected chi connectivity index (χ1v) is 9.30. The predicted octanol–water partition coefficient (Wildman–Crippen LogP) is 3.37. The van der Waals surface area contributed by atoms with E-state index in [1.54, 1.807) is 23.1 Å². The summed E-state index contributed by atoms with van der Waals surface area (Å²) < 4.78 is 0. The van der Waals surface area contributed by atoms with Crippen molar-refractivity contribution in [1.29, 1.82) is 0 Å². The van der Waals surface area contributed by atoms with Gasteiger partial charge in [0.1, 0.15) is 6.04 Å². The van der Waals surface area contributed by atoms with Crippen LogP contribution in [0.15, 0.2) is 48.5 Å². The van der Waals surface area contributed by atoms with E-state index >= 15 is 0 Å². The number of halogens is 2. The fourth-order valence-corrected chi connectivity index (χ4v) is 3.45. The van der Waals surface area contributed by atoms with Crippen LogP contribution in [0.3, 0.4) is 0 Å². The Hall–Kier alpha value is -2.28. The maximum Gasteiger partial charge on any atom is 0.321 e. The van der Waals surface area contributed by atoms with E-state index in [1.165, 1.54) is 0 Å². The molecule has 2 aromatic carbocycles. The number of carbonyl (C=O) groups is 2. The molecule has 1 aliphatic heterocycles. The van der Waals surface area contributed by atoms with E-state index < -0.39 is 11.9 Å². The van der Waals surface area contributed by atoms with Crippen LogP contribution in [0.1, 0.15) is 11.6 Å². The van der Waals surface area contributed by atoms with Gasteiger partial charge in [-0.3, -0.25) is 9.69 Å². The lowest BCUT2D eigenvalue weighted by molar-refractivity contribution is -0.124. The van der Waals surface area contributed by atoms with Gasteiger partial charge in [0.05, 0.1) is 10.0 Å². The molecule has 0 unspecified atom stereocenters. The normalized spacial score (nSPS) is 16.0. The number of rotatable bonds is 4. The van der Waals surface area contributed by atoms with E-state index in [0.717, 1.165) is 5.56 Å². The minimum atomic E-state index is -0.494. The Morgan fingerprint density at radius 3 is 2.22 bits per heavy atom. The fraction of sp³-hybridized carbons (Fsp3) is 0.263. The molecule has 0 aliphatic carbocycles. The van der Waals surface area contributed by atoms with Gasteiger partial charge < -0.3 is 16.0 Å². The van der Waals surface area contributed by atoms with Gasteiger partial charge in [-0.05, 0) is 23.8 Å². The Balaban J connectivity index is 1.61. The molecule has 2 aromatic rings. The summed E-state index contributed by atoms with van der Waals surface area (Å²) in [4.78, 5) is 28.1. The van der Waals surface area contributed by atoms with Crippen LogP contribution in [0.5, 0.6) is 0 Å². The summed E-state index contributed by atoms with van der Waals surface area (Å²) in [6, 6.07) is 13.7. The van der Waals surface area contributed by atoms with Crippen molar-refractivity contribution in [3.63, 3.8) is 0 Å². The van der Waals surface area contributed by atoms with Crippen molar-refractivity contribution in [2.45, 2.75) is 6.04 Å². The molecule has 0 aromatic heterocycles. The Kier molecular flexibility index (Phi) is 6.21. The smallest absolute Gasteiger partial charge is 0.321 e. The van der Waals surface area contributed by atoms with Crippen LogP contribution in [-0.4, -0.2) is 47.9 Å². The van der Waals surface area contributed by atoms with Crippen molar-refractivity contribution >= 4 is 40.8 Å². The SMILES string of the molecule is NC(=O)[C@@H](c1ccccc1)N1CCN(C(=O)Nc2ccc(Cl)c(Cl)c2)CC1. The van der Waals surface area contributed by atoms with Crippen LogP contribution < -0.4 is 11.1 Å². The van der Waals surface area contributed by atoms with Gasteiger partial charge in [0, 0.05) is 31.9 Å². The minimum Gasteiger partial charge on any atom is -0.368 e. The second-order valence-corrected chi connectivity index (χ2v) is 7.11. The van der Waals surface area contributed by atoms with Crippen molar-refractivity contribution in [1.82, 2.24) is 9.80 Å². The molecule has 0 bridgehead atoms. The van der Waals surface area contributed by atoms with Gasteiger partial charge in [-0.1, -0.05) is 53.5 Å². The quantitative estimate of drug-likeness (QED) is 0.816. The molecule has 6 nitrogen and oxygen atoms in total. The highest BCUT2D eigenvalue weighted by molar-refractivity contribution is 6.42. The van der Waals surface area contributed by atoms with Gasteiger partial charge >= 0.3 is 6.03 Å². The summed E-state index contributed by atoms with van der Waals surface area (Å²) in [6.07, 6.45) is 0. The average molecular weight is 407 g/mol. The molecular formula is C19H20Cl2N4O2. The number of nitrogens with two attached hydrogens (primary N) is 1. The second kappa shape index (κ2) is 8.61. The number of amides is 3. The lowest BCUT2D eigenvalue weighted by Gasteiger charge is -2.38. The van der Waals surface area contributed by atoms with Gasteiger partial charge in [-0.2, -0.15) is 0 Å². The maximum absolute atomic E-state index is 12.5. The number of piperazine rings is 1. The van der Waals surface area contributed by atoms with Crippen molar-refractivity contribution in [2.24, 2.45) is 5.73 Å². The number of nitrogens with one attached hydrogen (secondary N) is 1. The highest BCUT2D eigenvalue weighted by atomic mass is 35.5. The molecule has 1 fully saturated rings. The van der Waals surface area contributed by atoms with E-state index in [2.05, 4.69) is 5.32 Å². The Morgan fingerprint density at radius 1 is 0.963 bits per heavy atom. The van der Waals surface area contributed by atoms with Gasteiger partial charge in [0.25, 0.3) is 0 Å². The Morgan fingerprint density at radius 2 is 1.63 bits per heavy atom. The van der Waals surface area contributed by atoms with Gasteiger partial charge in [0.2, 0.25) is 5.91 Å². The molecule has 27 heavy (non-hydrogen) atoms. The lowest BCUT2D eigenvalue weighted by atomic mass is 10.0. The minimum absolute atomic E-state index is 0.219. The molecular weight excluding hydrogens is 387 g/mol. The lowest BCUT2D eigenvalue weighted by Crippen LogP contribution is -2.52. The molecule has 3 amide bonds. The zero-order valence-electron chi connectivity index (χ0n) is 14.6. The van der Waals surface area contributed by atoms with E-state index in [9.17, 15) is 9.59 Å². The van der Waals surface area contributed by atoms with Crippen LogP contribution in [0.25, 0.3) is 0 Å². The molecule has 0 radical (unpaired) electrons. The first-order valence-electron chi connectivity index (χ1n) is 8.55. The van der Waals surface area contributed by atoms with Gasteiger partial charge in [-0.15, -0.1) is 0 Å². The standard InChI is InChI=1S/C19H20Cl2N4O2/c20-15-7-6-14(12-16(15)21)23-19(27)25-10-8-24(9-11-25)17(18(22)26)13-4-2-1-3-5-13/h1-7,12,17H,8-11H2,(H2,22,26)(H,23,27)/t17-/m1/s1. The van der Waals surface area contributed by atoms with E-state index in [0.29, 0.717) is 41.9 Å². The first-order chi connectivity index (χ1) is 13.0. The van der Waals surface area contributed by atoms with Crippen LogP contribution in [0.2, 0.25) is 10.0 Å².